The summed E-state index contributed by atoms with van der Waals surface area (Å²) in [6.45, 7) is 2.19. The van der Waals surface area contributed by atoms with Crippen molar-refractivity contribution in [3.8, 4) is 11.5 Å². The number of aryl methyl sites for hydroxylation is 1. The fraction of sp³-hybridized carbons (Fsp3) is 0.364. The van der Waals surface area contributed by atoms with E-state index in [1.54, 1.807) is 18.2 Å². The van der Waals surface area contributed by atoms with E-state index in [1.165, 1.54) is 25.3 Å². The van der Waals surface area contributed by atoms with Gasteiger partial charge in [0.2, 0.25) is 15.9 Å². The summed E-state index contributed by atoms with van der Waals surface area (Å²) in [6.07, 6.45) is 2.11. The van der Waals surface area contributed by atoms with Crippen LogP contribution in [0.4, 0.5) is 0 Å². The number of hydrogen-bond donors (Lipinski definition) is 3. The molecule has 1 saturated carbocycles. The second-order valence-corrected chi connectivity index (χ2v) is 9.74. The van der Waals surface area contributed by atoms with Gasteiger partial charge in [0, 0.05) is 23.0 Å². The van der Waals surface area contributed by atoms with Crippen molar-refractivity contribution in [2.75, 3.05) is 13.7 Å². The zero-order valence-electron chi connectivity index (χ0n) is 18.3. The first-order valence-electron chi connectivity index (χ1n) is 10.4. The van der Waals surface area contributed by atoms with Crippen LogP contribution in [0.3, 0.4) is 0 Å². The Morgan fingerprint density at radius 2 is 1.82 bits per heavy atom. The SMILES string of the molecule is COc1ccc(C(=O)NNC(=O)CCCOc2ccc(Cl)cc2C)cc1S(=O)(=O)NC1CC1. The third kappa shape index (κ3) is 7.08. The van der Waals surface area contributed by atoms with Gasteiger partial charge < -0.3 is 9.47 Å². The normalized spacial score (nSPS) is 13.3. The Bertz CT molecular complexity index is 1130. The molecule has 2 aromatic rings. The fourth-order valence-corrected chi connectivity index (χ4v) is 4.69. The second-order valence-electron chi connectivity index (χ2n) is 7.63. The predicted octanol–water partition coefficient (Wildman–Crippen LogP) is 2.72. The summed E-state index contributed by atoms with van der Waals surface area (Å²) in [5.41, 5.74) is 5.57. The fourth-order valence-electron chi connectivity index (χ4n) is 2.96. The molecule has 11 heteroatoms. The molecule has 0 unspecified atom stereocenters. The number of hydrazine groups is 1. The molecule has 33 heavy (non-hydrogen) atoms. The van der Waals surface area contributed by atoms with Crippen LogP contribution < -0.4 is 25.0 Å². The molecule has 3 N–H and O–H groups in total. The molecule has 0 atom stereocenters. The molecule has 9 nitrogen and oxygen atoms in total. The lowest BCUT2D eigenvalue weighted by molar-refractivity contribution is -0.122. The van der Waals surface area contributed by atoms with Crippen LogP contribution in [0.2, 0.25) is 5.02 Å². The quantitative estimate of drug-likeness (QED) is 0.344. The molecule has 0 bridgehead atoms. The molecule has 2 amide bonds. The van der Waals surface area contributed by atoms with Gasteiger partial charge in [-0.15, -0.1) is 0 Å². The Hall–Kier alpha value is -2.82. The maximum absolute atomic E-state index is 12.6. The molecule has 1 aliphatic rings. The molecular weight excluding hydrogens is 470 g/mol. The van der Waals surface area contributed by atoms with Crippen LogP contribution in [0, 0.1) is 6.92 Å². The number of benzene rings is 2. The maximum Gasteiger partial charge on any atom is 0.269 e. The van der Waals surface area contributed by atoms with Gasteiger partial charge in [0.15, 0.2) is 0 Å². The van der Waals surface area contributed by atoms with Gasteiger partial charge in [-0.05, 0) is 68.1 Å². The largest absolute Gasteiger partial charge is 0.495 e. The lowest BCUT2D eigenvalue weighted by Gasteiger charge is -2.13. The highest BCUT2D eigenvalue weighted by atomic mass is 35.5. The van der Waals surface area contributed by atoms with Crippen molar-refractivity contribution in [1.29, 1.82) is 0 Å². The first-order valence-corrected chi connectivity index (χ1v) is 12.2. The lowest BCUT2D eigenvalue weighted by Crippen LogP contribution is -2.41. The number of amides is 2. The molecule has 0 spiro atoms. The first-order chi connectivity index (χ1) is 15.7. The minimum atomic E-state index is -3.83. The van der Waals surface area contributed by atoms with Crippen molar-refractivity contribution in [2.24, 2.45) is 0 Å². The van der Waals surface area contributed by atoms with Crippen LogP contribution >= 0.6 is 11.6 Å². The van der Waals surface area contributed by atoms with Gasteiger partial charge in [0.25, 0.3) is 5.91 Å². The Balaban J connectivity index is 1.49. The Morgan fingerprint density at radius 3 is 2.48 bits per heavy atom. The smallest absolute Gasteiger partial charge is 0.269 e. The number of carbonyl (C=O) groups is 2. The van der Waals surface area contributed by atoms with Crippen molar-refractivity contribution in [3.63, 3.8) is 0 Å². The summed E-state index contributed by atoms with van der Waals surface area (Å²) in [4.78, 5) is 24.3. The van der Waals surface area contributed by atoms with Crippen molar-refractivity contribution in [1.82, 2.24) is 15.6 Å². The van der Waals surface area contributed by atoms with E-state index in [4.69, 9.17) is 21.1 Å². The van der Waals surface area contributed by atoms with E-state index in [0.717, 1.165) is 18.4 Å². The summed E-state index contributed by atoms with van der Waals surface area (Å²) in [5.74, 6) is -0.243. The number of halogens is 1. The first kappa shape index (κ1) is 24.8. The van der Waals surface area contributed by atoms with Gasteiger partial charge in [-0.3, -0.25) is 20.4 Å². The van der Waals surface area contributed by atoms with Crippen molar-refractivity contribution < 1.29 is 27.5 Å². The van der Waals surface area contributed by atoms with Gasteiger partial charge in [-0.1, -0.05) is 11.6 Å². The average Bonchev–Trinajstić information content (AvgIpc) is 3.59. The number of hydrogen-bond acceptors (Lipinski definition) is 6. The summed E-state index contributed by atoms with van der Waals surface area (Å²) in [5, 5.41) is 0.621. The monoisotopic (exact) mass is 495 g/mol. The third-order valence-corrected chi connectivity index (χ3v) is 6.65. The van der Waals surface area contributed by atoms with E-state index in [1.807, 2.05) is 6.92 Å². The molecular formula is C22H26ClN3O6S. The standard InChI is InChI=1S/C22H26ClN3O6S/c1-14-12-16(23)6-10-18(14)32-11-3-4-21(27)24-25-22(28)15-5-9-19(31-2)20(13-15)33(29,30)26-17-7-8-17/h5-6,9-10,12-13,17,26H,3-4,7-8,11H2,1-2H3,(H,24,27)(H,25,28). The van der Waals surface area contributed by atoms with E-state index in [2.05, 4.69) is 15.6 Å². The Kier molecular flexibility index (Phi) is 8.17. The third-order valence-electron chi connectivity index (χ3n) is 4.87. The number of nitrogens with one attached hydrogen (secondary N) is 3. The molecule has 0 aliphatic heterocycles. The summed E-state index contributed by atoms with van der Waals surface area (Å²) in [6, 6.07) is 9.21. The number of ether oxygens (including phenoxy) is 2. The molecule has 0 radical (unpaired) electrons. The predicted molar refractivity (Wildman–Crippen MR) is 123 cm³/mol. The van der Waals surface area contributed by atoms with E-state index >= 15 is 0 Å². The topological polar surface area (TPSA) is 123 Å². The molecule has 178 valence electrons. The van der Waals surface area contributed by atoms with Crippen LogP contribution in [0.25, 0.3) is 0 Å². The molecule has 1 fully saturated rings. The van der Waals surface area contributed by atoms with Gasteiger partial charge >= 0.3 is 0 Å². The highest BCUT2D eigenvalue weighted by Gasteiger charge is 2.30. The van der Waals surface area contributed by atoms with Crippen molar-refractivity contribution >= 4 is 33.4 Å². The summed E-state index contributed by atoms with van der Waals surface area (Å²) < 4.78 is 38.5. The van der Waals surface area contributed by atoms with Crippen LogP contribution in [-0.4, -0.2) is 40.0 Å². The lowest BCUT2D eigenvalue weighted by atomic mass is 10.2. The van der Waals surface area contributed by atoms with Gasteiger partial charge in [0.05, 0.1) is 13.7 Å². The van der Waals surface area contributed by atoms with E-state index in [9.17, 15) is 18.0 Å². The van der Waals surface area contributed by atoms with Gasteiger partial charge in [0.1, 0.15) is 16.4 Å². The zero-order chi connectivity index (χ0) is 24.0. The molecule has 3 rings (SSSR count). The molecule has 0 aromatic heterocycles. The van der Waals surface area contributed by atoms with Gasteiger partial charge in [-0.25, -0.2) is 13.1 Å². The second kappa shape index (κ2) is 10.9. The van der Waals surface area contributed by atoms with Crippen LogP contribution in [0.15, 0.2) is 41.3 Å². The number of rotatable bonds is 10. The molecule has 2 aromatic carbocycles. The van der Waals surface area contributed by atoms with Crippen LogP contribution in [0.5, 0.6) is 11.5 Å². The zero-order valence-corrected chi connectivity index (χ0v) is 19.9. The average molecular weight is 496 g/mol. The molecule has 0 heterocycles. The van der Waals surface area contributed by atoms with Crippen LogP contribution in [-0.2, 0) is 14.8 Å². The van der Waals surface area contributed by atoms with E-state index in [0.29, 0.717) is 23.8 Å². The Labute approximate surface area is 197 Å². The molecule has 0 saturated heterocycles. The van der Waals surface area contributed by atoms with Crippen molar-refractivity contribution in [3.05, 3.63) is 52.5 Å². The number of methoxy groups -OCH3 is 1. The Morgan fingerprint density at radius 1 is 1.09 bits per heavy atom. The van der Waals surface area contributed by atoms with E-state index in [-0.39, 0.29) is 28.7 Å². The van der Waals surface area contributed by atoms with Gasteiger partial charge in [-0.2, -0.15) is 0 Å². The van der Waals surface area contributed by atoms with Crippen LogP contribution in [0.1, 0.15) is 41.6 Å². The van der Waals surface area contributed by atoms with Crippen molar-refractivity contribution in [2.45, 2.75) is 43.5 Å². The minimum absolute atomic E-state index is 0.0637. The summed E-state index contributed by atoms with van der Waals surface area (Å²) >= 11 is 5.91. The minimum Gasteiger partial charge on any atom is -0.495 e. The highest BCUT2D eigenvalue weighted by Crippen LogP contribution is 2.28. The highest BCUT2D eigenvalue weighted by molar-refractivity contribution is 7.89. The number of carbonyl (C=O) groups excluding carboxylic acids is 2. The summed E-state index contributed by atoms with van der Waals surface area (Å²) in [7, 11) is -2.48. The maximum atomic E-state index is 12.6. The van der Waals surface area contributed by atoms with E-state index < -0.39 is 21.8 Å². The molecule has 1 aliphatic carbocycles. The number of sulfonamides is 1.